The lowest BCUT2D eigenvalue weighted by Crippen LogP contribution is -2.64. The van der Waals surface area contributed by atoms with Crippen LogP contribution in [0.3, 0.4) is 0 Å². The second kappa shape index (κ2) is 7.44. The Kier molecular flexibility index (Phi) is 4.85. The molecule has 2 amide bonds. The van der Waals surface area contributed by atoms with E-state index in [1.807, 2.05) is 30.7 Å². The molecule has 2 aliphatic rings. The van der Waals surface area contributed by atoms with E-state index in [-0.39, 0.29) is 17.0 Å². The van der Waals surface area contributed by atoms with E-state index in [2.05, 4.69) is 20.4 Å². The molecule has 3 aromatic heterocycles. The SMILES string of the molecule is CC(C)(NC(=O)N1CC2(CCn3nc(-c4cnc(N)c(C(F)(F)F)c4)cc32)C1)c1cccnc1. The molecule has 1 saturated heterocycles. The molecule has 3 aromatic rings. The molecule has 0 radical (unpaired) electrons. The fourth-order valence-electron chi connectivity index (χ4n) is 4.74. The maximum absolute atomic E-state index is 13.2. The molecule has 5 heterocycles. The van der Waals surface area contributed by atoms with Crippen LogP contribution < -0.4 is 11.1 Å². The van der Waals surface area contributed by atoms with E-state index in [0.29, 0.717) is 25.3 Å². The zero-order chi connectivity index (χ0) is 24.3. The Balaban J connectivity index is 1.32. The molecule has 0 atom stereocenters. The van der Waals surface area contributed by atoms with Crippen molar-refractivity contribution >= 4 is 11.8 Å². The number of pyridine rings is 2. The van der Waals surface area contributed by atoms with Crippen molar-refractivity contribution in [3.63, 3.8) is 0 Å². The highest BCUT2D eigenvalue weighted by atomic mass is 19.4. The maximum Gasteiger partial charge on any atom is 0.419 e. The number of halogens is 3. The minimum Gasteiger partial charge on any atom is -0.383 e. The Morgan fingerprint density at radius 2 is 1.97 bits per heavy atom. The largest absolute Gasteiger partial charge is 0.419 e. The molecule has 5 rings (SSSR count). The van der Waals surface area contributed by atoms with Crippen LogP contribution in [-0.4, -0.2) is 43.8 Å². The van der Waals surface area contributed by atoms with Crippen LogP contribution in [0.15, 0.2) is 42.9 Å². The molecule has 11 heteroatoms. The number of nitrogens with two attached hydrogens (primary N) is 1. The smallest absolute Gasteiger partial charge is 0.383 e. The quantitative estimate of drug-likeness (QED) is 0.609. The first-order valence-corrected chi connectivity index (χ1v) is 10.9. The van der Waals surface area contributed by atoms with Crippen LogP contribution in [-0.2, 0) is 23.7 Å². The van der Waals surface area contributed by atoms with Crippen molar-refractivity contribution in [2.24, 2.45) is 0 Å². The summed E-state index contributed by atoms with van der Waals surface area (Å²) in [6.07, 6.45) is 0.936. The number of nitrogens with zero attached hydrogens (tertiary/aromatic N) is 5. The third-order valence-corrected chi connectivity index (χ3v) is 6.72. The highest BCUT2D eigenvalue weighted by Gasteiger charge is 2.52. The van der Waals surface area contributed by atoms with Crippen LogP contribution in [0, 0.1) is 0 Å². The molecule has 1 spiro atoms. The minimum atomic E-state index is -4.60. The molecule has 34 heavy (non-hydrogen) atoms. The van der Waals surface area contributed by atoms with Crippen molar-refractivity contribution in [3.05, 3.63) is 59.7 Å². The number of alkyl halides is 3. The van der Waals surface area contributed by atoms with E-state index in [1.54, 1.807) is 23.4 Å². The molecular weight excluding hydrogens is 447 g/mol. The van der Waals surface area contributed by atoms with Crippen molar-refractivity contribution < 1.29 is 18.0 Å². The molecule has 3 N–H and O–H groups in total. The van der Waals surface area contributed by atoms with Crippen molar-refractivity contribution in [1.29, 1.82) is 0 Å². The van der Waals surface area contributed by atoms with Crippen LogP contribution in [0.1, 0.15) is 37.1 Å². The first-order chi connectivity index (χ1) is 16.0. The molecule has 0 unspecified atom stereocenters. The number of hydrogen-bond donors (Lipinski definition) is 2. The van der Waals surface area contributed by atoms with Gasteiger partial charge in [0.05, 0.1) is 16.8 Å². The van der Waals surface area contributed by atoms with Crippen molar-refractivity contribution in [2.75, 3.05) is 18.8 Å². The molecule has 2 aliphatic heterocycles. The van der Waals surface area contributed by atoms with E-state index < -0.39 is 23.1 Å². The molecule has 8 nitrogen and oxygen atoms in total. The highest BCUT2D eigenvalue weighted by Crippen LogP contribution is 2.44. The third kappa shape index (κ3) is 3.64. The molecule has 178 valence electrons. The van der Waals surface area contributed by atoms with Crippen LogP contribution in [0.2, 0.25) is 0 Å². The normalized spacial score (nSPS) is 16.9. The summed E-state index contributed by atoms with van der Waals surface area (Å²) in [6.45, 7) is 5.51. The van der Waals surface area contributed by atoms with Gasteiger partial charge >= 0.3 is 12.2 Å². The summed E-state index contributed by atoms with van der Waals surface area (Å²) >= 11 is 0. The van der Waals surface area contributed by atoms with E-state index in [0.717, 1.165) is 23.7 Å². The lowest BCUT2D eigenvalue weighted by atomic mass is 9.76. The molecular formula is C23H24F3N7O. The first-order valence-electron chi connectivity index (χ1n) is 10.9. The van der Waals surface area contributed by atoms with Gasteiger partial charge in [0.2, 0.25) is 0 Å². The van der Waals surface area contributed by atoms with Gasteiger partial charge in [-0.1, -0.05) is 6.07 Å². The third-order valence-electron chi connectivity index (χ3n) is 6.72. The molecule has 0 bridgehead atoms. The monoisotopic (exact) mass is 471 g/mol. The van der Waals surface area contributed by atoms with E-state index >= 15 is 0 Å². The maximum atomic E-state index is 13.2. The van der Waals surface area contributed by atoms with Gasteiger partial charge in [-0.05, 0) is 44.0 Å². The van der Waals surface area contributed by atoms with Gasteiger partial charge in [0.1, 0.15) is 5.82 Å². The van der Waals surface area contributed by atoms with Crippen molar-refractivity contribution in [2.45, 2.75) is 43.9 Å². The minimum absolute atomic E-state index is 0.171. The lowest BCUT2D eigenvalue weighted by Gasteiger charge is -2.48. The summed E-state index contributed by atoms with van der Waals surface area (Å²) in [7, 11) is 0. The van der Waals surface area contributed by atoms with Crippen LogP contribution >= 0.6 is 0 Å². The number of anilines is 1. The Hall–Kier alpha value is -3.63. The van der Waals surface area contributed by atoms with E-state index in [1.165, 1.54) is 6.20 Å². The predicted octanol–water partition coefficient (Wildman–Crippen LogP) is 3.54. The average molecular weight is 471 g/mol. The topological polar surface area (TPSA) is 102 Å². The Bertz CT molecular complexity index is 1250. The summed E-state index contributed by atoms with van der Waals surface area (Å²) in [5.41, 5.74) is 6.09. The number of nitrogens with one attached hydrogen (secondary N) is 1. The average Bonchev–Trinajstić information content (AvgIpc) is 3.32. The van der Waals surface area contributed by atoms with Gasteiger partial charge in [0.25, 0.3) is 0 Å². The molecule has 0 saturated carbocycles. The van der Waals surface area contributed by atoms with Crippen LogP contribution in [0.25, 0.3) is 11.3 Å². The number of aromatic nitrogens is 4. The highest BCUT2D eigenvalue weighted by molar-refractivity contribution is 5.77. The fourth-order valence-corrected chi connectivity index (χ4v) is 4.74. The summed E-state index contributed by atoms with van der Waals surface area (Å²) in [6, 6.07) is 6.35. The van der Waals surface area contributed by atoms with E-state index in [9.17, 15) is 18.0 Å². The second-order valence-corrected chi connectivity index (χ2v) is 9.48. The van der Waals surface area contributed by atoms with Gasteiger partial charge in [-0.2, -0.15) is 18.3 Å². The first kappa shape index (κ1) is 22.2. The number of nitrogen functional groups attached to an aromatic ring is 1. The fraction of sp³-hybridized carbons (Fsp3) is 0.391. The summed E-state index contributed by atoms with van der Waals surface area (Å²) in [5.74, 6) is -0.561. The Morgan fingerprint density at radius 1 is 1.21 bits per heavy atom. The van der Waals surface area contributed by atoms with Gasteiger partial charge in [-0.15, -0.1) is 0 Å². The number of amides is 2. The molecule has 0 aromatic carbocycles. The predicted molar refractivity (Wildman–Crippen MR) is 119 cm³/mol. The standard InChI is InChI=1S/C23H24F3N7O/c1-21(2,15-4-3-6-28-11-15)30-20(34)32-12-22(13-32)5-7-33-18(22)9-17(31-33)14-8-16(23(24,25)26)19(27)29-10-14/h3-4,6,8-11H,5,7,12-13H2,1-2H3,(H2,27,29)(H,30,34). The molecule has 1 fully saturated rings. The zero-order valence-electron chi connectivity index (χ0n) is 18.7. The van der Waals surface area contributed by atoms with Gasteiger partial charge in [-0.25, -0.2) is 9.78 Å². The van der Waals surface area contributed by atoms with Crippen LogP contribution in [0.4, 0.5) is 23.8 Å². The lowest BCUT2D eigenvalue weighted by molar-refractivity contribution is -0.137. The number of carbonyl (C=O) groups excluding carboxylic acids is 1. The number of carbonyl (C=O) groups is 1. The summed E-state index contributed by atoms with van der Waals surface area (Å²) < 4.78 is 41.5. The van der Waals surface area contributed by atoms with Gasteiger partial charge in [-0.3, -0.25) is 9.67 Å². The summed E-state index contributed by atoms with van der Waals surface area (Å²) in [4.78, 5) is 22.5. The molecule has 0 aliphatic carbocycles. The number of fused-ring (bicyclic) bond motifs is 2. The Morgan fingerprint density at radius 3 is 2.65 bits per heavy atom. The van der Waals surface area contributed by atoms with Crippen molar-refractivity contribution in [3.8, 4) is 11.3 Å². The number of likely N-dealkylation sites (tertiary alicyclic amines) is 1. The number of urea groups is 1. The zero-order valence-corrected chi connectivity index (χ0v) is 18.7. The number of aryl methyl sites for hydroxylation is 1. The van der Waals surface area contributed by atoms with Gasteiger partial charge in [0.15, 0.2) is 0 Å². The number of rotatable bonds is 3. The van der Waals surface area contributed by atoms with Crippen molar-refractivity contribution in [1.82, 2.24) is 30.0 Å². The van der Waals surface area contributed by atoms with Gasteiger partial charge in [0, 0.05) is 54.9 Å². The Labute approximate surface area is 194 Å². The number of hydrogen-bond acceptors (Lipinski definition) is 5. The van der Waals surface area contributed by atoms with Gasteiger partial charge < -0.3 is 16.0 Å². The second-order valence-electron chi connectivity index (χ2n) is 9.48. The van der Waals surface area contributed by atoms with E-state index in [4.69, 9.17) is 5.73 Å². The summed E-state index contributed by atoms with van der Waals surface area (Å²) in [5, 5.41) is 7.56. The van der Waals surface area contributed by atoms with Crippen LogP contribution in [0.5, 0.6) is 0 Å².